The van der Waals surface area contributed by atoms with Crippen molar-refractivity contribution in [3.63, 3.8) is 0 Å². The van der Waals surface area contributed by atoms with Gasteiger partial charge in [-0.15, -0.1) is 12.4 Å². The Labute approximate surface area is 176 Å². The van der Waals surface area contributed by atoms with Crippen LogP contribution in [0.4, 0.5) is 17.1 Å². The number of nitrogens with zero attached hydrogens (tertiary/aromatic N) is 2. The van der Waals surface area contributed by atoms with Gasteiger partial charge in [0.15, 0.2) is 0 Å². The molecular weight excluding hydrogens is 386 g/mol. The van der Waals surface area contributed by atoms with Crippen LogP contribution in [0, 0.1) is 24.0 Å². The number of rotatable bonds is 6. The van der Waals surface area contributed by atoms with Gasteiger partial charge in [-0.1, -0.05) is 35.4 Å². The Morgan fingerprint density at radius 2 is 1.45 bits per heavy atom. The molecule has 6 heteroatoms. The number of halogens is 1. The second kappa shape index (κ2) is 10.2. The molecule has 29 heavy (non-hydrogen) atoms. The summed E-state index contributed by atoms with van der Waals surface area (Å²) in [6, 6.07) is 22.4. The lowest BCUT2D eigenvalue weighted by molar-refractivity contribution is -0.384. The second-order valence-corrected chi connectivity index (χ2v) is 6.49. The molecule has 0 saturated heterocycles. The predicted octanol–water partition coefficient (Wildman–Crippen LogP) is 6.49. The normalized spacial score (nSPS) is 11.2. The summed E-state index contributed by atoms with van der Waals surface area (Å²) in [4.78, 5) is 15.0. The molecule has 0 aliphatic heterocycles. The van der Waals surface area contributed by atoms with Crippen LogP contribution < -0.4 is 5.32 Å². The van der Waals surface area contributed by atoms with Gasteiger partial charge in [-0.2, -0.15) is 0 Å². The van der Waals surface area contributed by atoms with E-state index in [1.807, 2.05) is 68.5 Å². The summed E-state index contributed by atoms with van der Waals surface area (Å²) < 4.78 is 0. The van der Waals surface area contributed by atoms with Crippen molar-refractivity contribution >= 4 is 41.4 Å². The highest BCUT2D eigenvalue weighted by Gasteiger charge is 2.07. The largest absolute Gasteiger partial charge is 0.355 e. The van der Waals surface area contributed by atoms with Gasteiger partial charge in [0.05, 0.1) is 10.6 Å². The van der Waals surface area contributed by atoms with E-state index < -0.39 is 4.92 Å². The topological polar surface area (TPSA) is 67.5 Å². The van der Waals surface area contributed by atoms with Crippen LogP contribution in [-0.2, 0) is 0 Å². The fraction of sp³-hybridized carbons (Fsp3) is 0.0870. The Hall–Kier alpha value is -3.44. The number of benzene rings is 3. The Morgan fingerprint density at radius 1 is 0.897 bits per heavy atom. The third-order valence-electron chi connectivity index (χ3n) is 4.22. The number of anilines is 1. The highest BCUT2D eigenvalue weighted by Crippen LogP contribution is 2.22. The molecule has 3 aromatic carbocycles. The highest BCUT2D eigenvalue weighted by molar-refractivity contribution is 5.90. The maximum atomic E-state index is 10.9. The van der Waals surface area contributed by atoms with E-state index in [0.29, 0.717) is 0 Å². The zero-order valence-electron chi connectivity index (χ0n) is 16.2. The van der Waals surface area contributed by atoms with Gasteiger partial charge in [0, 0.05) is 29.7 Å². The van der Waals surface area contributed by atoms with E-state index >= 15 is 0 Å². The molecule has 148 valence electrons. The fourth-order valence-electron chi connectivity index (χ4n) is 2.59. The van der Waals surface area contributed by atoms with Gasteiger partial charge in [-0.3, -0.25) is 15.1 Å². The molecule has 0 unspecified atom stereocenters. The molecule has 3 rings (SSSR count). The molecule has 0 bridgehead atoms. The second-order valence-electron chi connectivity index (χ2n) is 6.49. The fourth-order valence-corrected chi connectivity index (χ4v) is 2.59. The van der Waals surface area contributed by atoms with Crippen LogP contribution in [0.2, 0.25) is 0 Å². The van der Waals surface area contributed by atoms with Gasteiger partial charge in [-0.25, -0.2) is 0 Å². The maximum Gasteiger partial charge on any atom is 0.269 e. The molecule has 0 aliphatic carbocycles. The molecule has 3 aromatic rings. The molecular formula is C23H22ClN3O2. The first-order valence-electron chi connectivity index (χ1n) is 8.91. The van der Waals surface area contributed by atoms with E-state index in [4.69, 9.17) is 0 Å². The average Bonchev–Trinajstić information content (AvgIpc) is 2.70. The van der Waals surface area contributed by atoms with Gasteiger partial charge >= 0.3 is 0 Å². The lowest BCUT2D eigenvalue weighted by atomic mass is 10.1. The molecule has 0 heterocycles. The SMILES string of the molecule is Cc1ccc(N=C/C=C(/Nc2ccc(C)cc2)c2ccc([N+](=O)[O-])cc2)cc1.Cl. The molecule has 0 radical (unpaired) electrons. The van der Waals surface area contributed by atoms with Gasteiger partial charge in [0.2, 0.25) is 0 Å². The maximum absolute atomic E-state index is 10.9. The Bertz CT molecular complexity index is 1010. The van der Waals surface area contributed by atoms with Crippen molar-refractivity contribution in [1.82, 2.24) is 0 Å². The molecule has 0 aromatic heterocycles. The third kappa shape index (κ3) is 6.30. The Balaban J connectivity index is 0.00000300. The first kappa shape index (κ1) is 21.9. The van der Waals surface area contributed by atoms with Crippen molar-refractivity contribution < 1.29 is 4.92 Å². The van der Waals surface area contributed by atoms with Crippen molar-refractivity contribution in [2.45, 2.75) is 13.8 Å². The molecule has 1 N–H and O–H groups in total. The summed E-state index contributed by atoms with van der Waals surface area (Å²) in [6.07, 6.45) is 3.59. The Kier molecular flexibility index (Phi) is 7.69. The lowest BCUT2D eigenvalue weighted by Gasteiger charge is -2.11. The van der Waals surface area contributed by atoms with Gasteiger partial charge in [0.25, 0.3) is 5.69 Å². The van der Waals surface area contributed by atoms with Gasteiger partial charge in [-0.05, 0) is 61.9 Å². The van der Waals surface area contributed by atoms with Crippen LogP contribution in [0.5, 0.6) is 0 Å². The lowest BCUT2D eigenvalue weighted by Crippen LogP contribution is -2.00. The number of nitro benzene ring substituents is 1. The number of non-ortho nitro benzene ring substituents is 1. The highest BCUT2D eigenvalue weighted by atomic mass is 35.5. The number of hydrogen-bond donors (Lipinski definition) is 1. The zero-order chi connectivity index (χ0) is 19.9. The first-order chi connectivity index (χ1) is 13.5. The molecule has 5 nitrogen and oxygen atoms in total. The molecule has 0 fully saturated rings. The molecule has 0 atom stereocenters. The van der Waals surface area contributed by atoms with E-state index in [1.165, 1.54) is 23.3 Å². The van der Waals surface area contributed by atoms with Gasteiger partial charge < -0.3 is 5.32 Å². The summed E-state index contributed by atoms with van der Waals surface area (Å²) in [5.74, 6) is 0. The van der Waals surface area contributed by atoms with Crippen molar-refractivity contribution in [3.05, 3.63) is 106 Å². The van der Waals surface area contributed by atoms with Crippen molar-refractivity contribution in [3.8, 4) is 0 Å². The zero-order valence-corrected chi connectivity index (χ0v) is 17.0. The molecule has 0 saturated carbocycles. The minimum Gasteiger partial charge on any atom is -0.355 e. The van der Waals surface area contributed by atoms with Crippen molar-refractivity contribution in [2.75, 3.05) is 5.32 Å². The van der Waals surface area contributed by atoms with Crippen molar-refractivity contribution in [1.29, 1.82) is 0 Å². The smallest absolute Gasteiger partial charge is 0.269 e. The van der Waals surface area contributed by atoms with Crippen LogP contribution >= 0.6 is 12.4 Å². The number of allylic oxidation sites excluding steroid dienone is 1. The van der Waals surface area contributed by atoms with Crippen molar-refractivity contribution in [2.24, 2.45) is 4.99 Å². The number of aliphatic imine (C=N–C) groups is 1. The van der Waals surface area contributed by atoms with E-state index in [1.54, 1.807) is 18.3 Å². The minimum atomic E-state index is -0.403. The summed E-state index contributed by atoms with van der Waals surface area (Å²) in [6.45, 7) is 4.07. The summed E-state index contributed by atoms with van der Waals surface area (Å²) in [7, 11) is 0. The van der Waals surface area contributed by atoms with Gasteiger partial charge in [0.1, 0.15) is 0 Å². The number of aryl methyl sites for hydroxylation is 2. The van der Waals surface area contributed by atoms with Crippen LogP contribution in [-0.4, -0.2) is 11.1 Å². The summed E-state index contributed by atoms with van der Waals surface area (Å²) in [5.41, 5.74) is 5.84. The first-order valence-corrected chi connectivity index (χ1v) is 8.91. The van der Waals surface area contributed by atoms with E-state index in [0.717, 1.165) is 22.6 Å². The minimum absolute atomic E-state index is 0. The Morgan fingerprint density at radius 3 is 2.00 bits per heavy atom. The van der Waals surface area contributed by atoms with Crippen LogP contribution in [0.3, 0.4) is 0 Å². The third-order valence-corrected chi connectivity index (χ3v) is 4.22. The number of nitrogens with one attached hydrogen (secondary N) is 1. The van der Waals surface area contributed by atoms with E-state index in [-0.39, 0.29) is 18.1 Å². The summed E-state index contributed by atoms with van der Waals surface area (Å²) >= 11 is 0. The van der Waals surface area contributed by atoms with Crippen LogP contribution in [0.25, 0.3) is 5.70 Å². The molecule has 0 aliphatic rings. The predicted molar refractivity (Wildman–Crippen MR) is 122 cm³/mol. The van der Waals surface area contributed by atoms with E-state index in [2.05, 4.69) is 10.3 Å². The average molecular weight is 408 g/mol. The quantitative estimate of drug-likeness (QED) is 0.288. The monoisotopic (exact) mass is 407 g/mol. The number of nitro groups is 1. The van der Waals surface area contributed by atoms with E-state index in [9.17, 15) is 10.1 Å². The van der Waals surface area contributed by atoms with Crippen LogP contribution in [0.15, 0.2) is 83.9 Å². The number of hydrogen-bond acceptors (Lipinski definition) is 4. The standard InChI is InChI=1S/C23H21N3O2.ClH/c1-17-3-9-20(10-4-17)24-16-15-23(25-21-11-5-18(2)6-12-21)19-7-13-22(14-8-19)26(27)28;/h3-16,25H,1-2H3;1H/b23-15+,24-16?;. The summed E-state index contributed by atoms with van der Waals surface area (Å²) in [5, 5.41) is 14.3. The molecule has 0 spiro atoms. The molecule has 0 amide bonds. The van der Waals surface area contributed by atoms with Crippen LogP contribution in [0.1, 0.15) is 16.7 Å².